The van der Waals surface area contributed by atoms with Gasteiger partial charge in [0.25, 0.3) is 5.91 Å². The molecule has 0 aliphatic carbocycles. The molecule has 8 nitrogen and oxygen atoms in total. The van der Waals surface area contributed by atoms with Gasteiger partial charge >= 0.3 is 5.97 Å². The van der Waals surface area contributed by atoms with Crippen LogP contribution in [0.25, 0.3) is 0 Å². The van der Waals surface area contributed by atoms with Crippen molar-refractivity contribution in [2.24, 2.45) is 0 Å². The Hall–Kier alpha value is -2.64. The highest BCUT2D eigenvalue weighted by Crippen LogP contribution is 2.07. The monoisotopic (exact) mass is 265 g/mol. The molecule has 0 aromatic carbocycles. The highest BCUT2D eigenvalue weighted by molar-refractivity contribution is 5.93. The van der Waals surface area contributed by atoms with E-state index in [1.54, 1.807) is 19.9 Å². The summed E-state index contributed by atoms with van der Waals surface area (Å²) in [6.07, 6.45) is 0. The van der Waals surface area contributed by atoms with Gasteiger partial charge in [-0.2, -0.15) is 0 Å². The first-order chi connectivity index (χ1) is 9.04. The third-order valence-corrected chi connectivity index (χ3v) is 2.06. The highest BCUT2D eigenvalue weighted by Gasteiger charge is 2.15. The molecule has 0 saturated carbocycles. The zero-order valence-corrected chi connectivity index (χ0v) is 10.3. The number of hydrogen-bond acceptors (Lipinski definition) is 7. The number of rotatable bonds is 4. The van der Waals surface area contributed by atoms with Gasteiger partial charge in [0.15, 0.2) is 12.4 Å². The van der Waals surface area contributed by atoms with E-state index in [2.05, 4.69) is 15.6 Å². The normalized spacial score (nSPS) is 10.2. The van der Waals surface area contributed by atoms with Crippen LogP contribution in [0.1, 0.15) is 22.0 Å². The van der Waals surface area contributed by atoms with Gasteiger partial charge in [-0.15, -0.1) is 0 Å². The third kappa shape index (κ3) is 3.41. The van der Waals surface area contributed by atoms with E-state index < -0.39 is 18.5 Å². The Morgan fingerprint density at radius 1 is 1.26 bits per heavy atom. The number of carbonyl (C=O) groups excluding carboxylic acids is 2. The molecule has 0 aliphatic rings. The Morgan fingerprint density at radius 2 is 2.05 bits per heavy atom. The minimum atomic E-state index is -0.757. The average molecular weight is 265 g/mol. The number of carbonyl (C=O) groups is 2. The van der Waals surface area contributed by atoms with E-state index in [0.29, 0.717) is 11.5 Å². The Morgan fingerprint density at radius 3 is 2.63 bits per heavy atom. The summed E-state index contributed by atoms with van der Waals surface area (Å²) in [7, 11) is 0. The van der Waals surface area contributed by atoms with Gasteiger partial charge in [-0.3, -0.25) is 4.79 Å². The summed E-state index contributed by atoms with van der Waals surface area (Å²) in [5.41, 5.74) is 0.550. The van der Waals surface area contributed by atoms with Crippen LogP contribution in [0.4, 0.5) is 5.82 Å². The largest absolute Gasteiger partial charge is 0.450 e. The van der Waals surface area contributed by atoms with Crippen LogP contribution in [0.2, 0.25) is 0 Å². The van der Waals surface area contributed by atoms with Crippen molar-refractivity contribution in [3.05, 3.63) is 29.3 Å². The third-order valence-electron chi connectivity index (χ3n) is 2.06. The number of aromatic nitrogens is 2. The second kappa shape index (κ2) is 5.34. The van der Waals surface area contributed by atoms with E-state index in [9.17, 15) is 9.59 Å². The fraction of sp³-hybridized carbons (Fsp3) is 0.273. The van der Waals surface area contributed by atoms with Crippen molar-refractivity contribution in [3.63, 3.8) is 0 Å². The Balaban J connectivity index is 1.82. The molecule has 0 spiro atoms. The quantitative estimate of drug-likeness (QED) is 0.824. The molecule has 19 heavy (non-hydrogen) atoms. The molecule has 0 unspecified atom stereocenters. The molecule has 0 saturated heterocycles. The molecule has 1 amide bonds. The maximum Gasteiger partial charge on any atom is 0.377 e. The number of esters is 1. The van der Waals surface area contributed by atoms with Gasteiger partial charge in [0, 0.05) is 12.1 Å². The SMILES string of the molecule is Cc1cc(C(=O)OCC(=O)Nc2cc(C)on2)on1. The van der Waals surface area contributed by atoms with Crippen molar-refractivity contribution in [1.82, 2.24) is 10.3 Å². The molecule has 2 aromatic rings. The van der Waals surface area contributed by atoms with E-state index in [1.807, 2.05) is 0 Å². The van der Waals surface area contributed by atoms with Crippen LogP contribution in [0.3, 0.4) is 0 Å². The minimum Gasteiger partial charge on any atom is -0.450 e. The Labute approximate surface area is 107 Å². The lowest BCUT2D eigenvalue weighted by molar-refractivity contribution is -0.119. The molecule has 2 heterocycles. The zero-order chi connectivity index (χ0) is 13.8. The van der Waals surface area contributed by atoms with E-state index in [-0.39, 0.29) is 11.6 Å². The summed E-state index contributed by atoms with van der Waals surface area (Å²) in [6.45, 7) is 2.90. The first kappa shape index (κ1) is 12.8. The van der Waals surface area contributed by atoms with E-state index in [4.69, 9.17) is 13.8 Å². The van der Waals surface area contributed by atoms with Crippen molar-refractivity contribution in [2.45, 2.75) is 13.8 Å². The summed E-state index contributed by atoms with van der Waals surface area (Å²) < 4.78 is 14.2. The lowest BCUT2D eigenvalue weighted by Gasteiger charge is -2.01. The van der Waals surface area contributed by atoms with Gasteiger partial charge in [-0.1, -0.05) is 10.3 Å². The Bertz CT molecular complexity index is 601. The maximum absolute atomic E-state index is 11.4. The number of ether oxygens (including phenoxy) is 1. The molecule has 0 fully saturated rings. The molecule has 8 heteroatoms. The fourth-order valence-electron chi connectivity index (χ4n) is 1.27. The average Bonchev–Trinajstić information content (AvgIpc) is 2.95. The van der Waals surface area contributed by atoms with Gasteiger partial charge in [0.2, 0.25) is 5.76 Å². The van der Waals surface area contributed by atoms with Crippen LogP contribution in [0.15, 0.2) is 21.2 Å². The maximum atomic E-state index is 11.4. The van der Waals surface area contributed by atoms with Crippen LogP contribution in [-0.2, 0) is 9.53 Å². The summed E-state index contributed by atoms with van der Waals surface area (Å²) in [4.78, 5) is 22.9. The number of nitrogens with zero attached hydrogens (tertiary/aromatic N) is 2. The number of aryl methyl sites for hydroxylation is 2. The lowest BCUT2D eigenvalue weighted by Crippen LogP contribution is -2.20. The van der Waals surface area contributed by atoms with Crippen molar-refractivity contribution >= 4 is 17.7 Å². The minimum absolute atomic E-state index is 0.0532. The molecular weight excluding hydrogens is 254 g/mol. The van der Waals surface area contributed by atoms with Crippen molar-refractivity contribution in [1.29, 1.82) is 0 Å². The van der Waals surface area contributed by atoms with Gasteiger partial charge in [0.05, 0.1) is 5.69 Å². The number of nitrogens with one attached hydrogen (secondary N) is 1. The molecule has 0 bridgehead atoms. The van der Waals surface area contributed by atoms with E-state index in [0.717, 1.165) is 0 Å². The predicted octanol–water partition coefficient (Wildman–Crippen LogP) is 1.07. The topological polar surface area (TPSA) is 107 Å². The molecule has 0 radical (unpaired) electrons. The van der Waals surface area contributed by atoms with Gasteiger partial charge in [0.1, 0.15) is 5.76 Å². The first-order valence-electron chi connectivity index (χ1n) is 5.38. The molecule has 0 atom stereocenters. The fourth-order valence-corrected chi connectivity index (χ4v) is 1.27. The molecule has 1 N–H and O–H groups in total. The van der Waals surface area contributed by atoms with Crippen molar-refractivity contribution in [2.75, 3.05) is 11.9 Å². The van der Waals surface area contributed by atoms with Crippen LogP contribution < -0.4 is 5.32 Å². The van der Waals surface area contributed by atoms with Crippen molar-refractivity contribution < 1.29 is 23.4 Å². The Kier molecular flexibility index (Phi) is 3.60. The second-order valence-corrected chi connectivity index (χ2v) is 3.78. The lowest BCUT2D eigenvalue weighted by atomic mass is 10.4. The van der Waals surface area contributed by atoms with E-state index in [1.165, 1.54) is 6.07 Å². The second-order valence-electron chi connectivity index (χ2n) is 3.78. The summed E-state index contributed by atoms with van der Waals surface area (Å²) >= 11 is 0. The predicted molar refractivity (Wildman–Crippen MR) is 61.4 cm³/mol. The summed E-state index contributed by atoms with van der Waals surface area (Å²) in [5, 5.41) is 9.51. The number of anilines is 1. The zero-order valence-electron chi connectivity index (χ0n) is 10.3. The van der Waals surface area contributed by atoms with Crippen LogP contribution in [-0.4, -0.2) is 28.8 Å². The van der Waals surface area contributed by atoms with Crippen molar-refractivity contribution in [3.8, 4) is 0 Å². The highest BCUT2D eigenvalue weighted by atomic mass is 16.6. The standard InChI is InChI=1S/C11H11N3O5/c1-6-3-8(19-13-6)11(16)17-5-10(15)12-9-4-7(2)18-14-9/h3-4H,5H2,1-2H3,(H,12,14,15). The van der Waals surface area contributed by atoms with Gasteiger partial charge < -0.3 is 19.1 Å². The summed E-state index contributed by atoms with van der Waals surface area (Å²) in [6, 6.07) is 2.96. The van der Waals surface area contributed by atoms with Crippen LogP contribution in [0, 0.1) is 13.8 Å². The molecular formula is C11H11N3O5. The van der Waals surface area contributed by atoms with Gasteiger partial charge in [-0.25, -0.2) is 4.79 Å². The summed E-state index contributed by atoms with van der Waals surface area (Å²) in [5.74, 6) is -0.522. The molecule has 2 rings (SSSR count). The molecule has 0 aliphatic heterocycles. The smallest absolute Gasteiger partial charge is 0.377 e. The molecule has 2 aromatic heterocycles. The first-order valence-corrected chi connectivity index (χ1v) is 5.38. The molecule has 100 valence electrons. The van der Waals surface area contributed by atoms with Gasteiger partial charge in [-0.05, 0) is 13.8 Å². The number of hydrogen-bond donors (Lipinski definition) is 1. The number of amides is 1. The van der Waals surface area contributed by atoms with E-state index >= 15 is 0 Å². The van der Waals surface area contributed by atoms with Crippen LogP contribution >= 0.6 is 0 Å². The van der Waals surface area contributed by atoms with Crippen LogP contribution in [0.5, 0.6) is 0 Å².